The first-order valence-corrected chi connectivity index (χ1v) is 5.05. The number of H-pyrrole nitrogens is 1. The van der Waals surface area contributed by atoms with Crippen LogP contribution in [-0.2, 0) is 6.42 Å². The SMILES string of the molecule is COc1ccc2[nH]c(=O)cc(CCO)c2c1. The Hall–Kier alpha value is -1.81. The number of ether oxygens (including phenoxy) is 1. The second-order valence-electron chi connectivity index (χ2n) is 3.54. The number of fused-ring (bicyclic) bond motifs is 1. The smallest absolute Gasteiger partial charge is 0.248 e. The van der Waals surface area contributed by atoms with Crippen LogP contribution in [-0.4, -0.2) is 23.8 Å². The lowest BCUT2D eigenvalue weighted by Crippen LogP contribution is -2.07. The van der Waals surface area contributed by atoms with Crippen molar-refractivity contribution in [1.82, 2.24) is 4.98 Å². The Morgan fingerprint density at radius 3 is 2.88 bits per heavy atom. The monoisotopic (exact) mass is 219 g/mol. The van der Waals surface area contributed by atoms with E-state index in [1.165, 1.54) is 6.07 Å². The molecule has 0 radical (unpaired) electrons. The molecule has 1 aromatic heterocycles. The lowest BCUT2D eigenvalue weighted by Gasteiger charge is -2.06. The van der Waals surface area contributed by atoms with E-state index >= 15 is 0 Å². The summed E-state index contributed by atoms with van der Waals surface area (Å²) in [6, 6.07) is 6.96. The molecule has 0 atom stereocenters. The fourth-order valence-electron chi connectivity index (χ4n) is 1.76. The normalized spacial score (nSPS) is 10.6. The summed E-state index contributed by atoms with van der Waals surface area (Å²) in [6.07, 6.45) is 0.466. The van der Waals surface area contributed by atoms with E-state index < -0.39 is 0 Å². The average molecular weight is 219 g/mol. The van der Waals surface area contributed by atoms with Gasteiger partial charge in [-0.2, -0.15) is 0 Å². The largest absolute Gasteiger partial charge is 0.497 e. The average Bonchev–Trinajstić information content (AvgIpc) is 2.29. The van der Waals surface area contributed by atoms with Gasteiger partial charge in [0.15, 0.2) is 0 Å². The van der Waals surface area contributed by atoms with Crippen LogP contribution in [0, 0.1) is 0 Å². The Balaban J connectivity index is 2.70. The third kappa shape index (κ3) is 1.92. The van der Waals surface area contributed by atoms with Crippen LogP contribution in [0.15, 0.2) is 29.1 Å². The zero-order valence-electron chi connectivity index (χ0n) is 8.99. The fourth-order valence-corrected chi connectivity index (χ4v) is 1.76. The molecular formula is C12H13NO3. The van der Waals surface area contributed by atoms with Crippen molar-refractivity contribution in [2.45, 2.75) is 6.42 Å². The van der Waals surface area contributed by atoms with Gasteiger partial charge in [-0.1, -0.05) is 0 Å². The van der Waals surface area contributed by atoms with Gasteiger partial charge in [0.05, 0.1) is 7.11 Å². The predicted molar refractivity (Wildman–Crippen MR) is 61.9 cm³/mol. The number of hydrogen-bond donors (Lipinski definition) is 2. The molecule has 84 valence electrons. The number of aromatic nitrogens is 1. The zero-order valence-corrected chi connectivity index (χ0v) is 8.99. The number of aliphatic hydroxyl groups excluding tert-OH is 1. The molecule has 0 saturated carbocycles. The summed E-state index contributed by atoms with van der Waals surface area (Å²) in [5, 5.41) is 9.86. The second kappa shape index (κ2) is 4.37. The van der Waals surface area contributed by atoms with Crippen LogP contribution in [0.1, 0.15) is 5.56 Å². The summed E-state index contributed by atoms with van der Waals surface area (Å²) in [6.45, 7) is 0.0236. The van der Waals surface area contributed by atoms with E-state index in [0.29, 0.717) is 6.42 Å². The molecule has 4 heteroatoms. The molecule has 0 aliphatic carbocycles. The molecule has 0 fully saturated rings. The van der Waals surface area contributed by atoms with E-state index in [9.17, 15) is 4.79 Å². The standard InChI is InChI=1S/C12H13NO3/c1-16-9-2-3-11-10(7-9)8(4-5-14)6-12(15)13-11/h2-3,6-7,14H,4-5H2,1H3,(H,13,15). The number of aromatic amines is 1. The van der Waals surface area contributed by atoms with Crippen molar-refractivity contribution in [3.8, 4) is 5.75 Å². The molecule has 0 bridgehead atoms. The van der Waals surface area contributed by atoms with Crippen molar-refractivity contribution in [2.24, 2.45) is 0 Å². The molecule has 0 aliphatic rings. The minimum absolute atomic E-state index is 0.0236. The topological polar surface area (TPSA) is 62.3 Å². The molecular weight excluding hydrogens is 206 g/mol. The van der Waals surface area contributed by atoms with Gasteiger partial charge in [-0.3, -0.25) is 4.79 Å². The van der Waals surface area contributed by atoms with Crippen molar-refractivity contribution in [3.63, 3.8) is 0 Å². The molecule has 0 spiro atoms. The van der Waals surface area contributed by atoms with Gasteiger partial charge in [0.25, 0.3) is 0 Å². The summed E-state index contributed by atoms with van der Waals surface area (Å²) in [7, 11) is 1.60. The molecule has 16 heavy (non-hydrogen) atoms. The fraction of sp³-hybridized carbons (Fsp3) is 0.250. The molecule has 2 rings (SSSR count). The van der Waals surface area contributed by atoms with Gasteiger partial charge >= 0.3 is 0 Å². The summed E-state index contributed by atoms with van der Waals surface area (Å²) in [4.78, 5) is 14.1. The van der Waals surface area contributed by atoms with Gasteiger partial charge < -0.3 is 14.8 Å². The van der Waals surface area contributed by atoms with E-state index in [0.717, 1.165) is 22.2 Å². The highest BCUT2D eigenvalue weighted by Crippen LogP contribution is 2.21. The maximum atomic E-state index is 11.4. The molecule has 1 heterocycles. The van der Waals surface area contributed by atoms with Gasteiger partial charge in [-0.25, -0.2) is 0 Å². The number of rotatable bonds is 3. The molecule has 0 aliphatic heterocycles. The molecule has 0 saturated heterocycles. The second-order valence-corrected chi connectivity index (χ2v) is 3.54. The first kappa shape index (κ1) is 10.7. The number of benzene rings is 1. The third-order valence-electron chi connectivity index (χ3n) is 2.52. The minimum atomic E-state index is -0.152. The van der Waals surface area contributed by atoms with Crippen LogP contribution in [0.4, 0.5) is 0 Å². The molecule has 2 N–H and O–H groups in total. The van der Waals surface area contributed by atoms with E-state index in [1.807, 2.05) is 6.07 Å². The highest BCUT2D eigenvalue weighted by molar-refractivity contribution is 5.83. The van der Waals surface area contributed by atoms with Crippen LogP contribution >= 0.6 is 0 Å². The molecule has 2 aromatic rings. The van der Waals surface area contributed by atoms with Gasteiger partial charge in [0, 0.05) is 23.6 Å². The quantitative estimate of drug-likeness (QED) is 0.811. The number of nitrogens with one attached hydrogen (secondary N) is 1. The summed E-state index contributed by atoms with van der Waals surface area (Å²) >= 11 is 0. The summed E-state index contributed by atoms with van der Waals surface area (Å²) in [5.74, 6) is 0.735. The number of aliphatic hydroxyl groups is 1. The molecule has 4 nitrogen and oxygen atoms in total. The Labute approximate surface area is 92.5 Å². The number of pyridine rings is 1. The Morgan fingerprint density at radius 1 is 1.38 bits per heavy atom. The van der Waals surface area contributed by atoms with Gasteiger partial charge in [0.1, 0.15) is 5.75 Å². The maximum Gasteiger partial charge on any atom is 0.248 e. The Kier molecular flexibility index (Phi) is 2.92. The van der Waals surface area contributed by atoms with Crippen LogP contribution in [0.25, 0.3) is 10.9 Å². The van der Waals surface area contributed by atoms with E-state index in [2.05, 4.69) is 4.98 Å². The Bertz CT molecular complexity index is 560. The van der Waals surface area contributed by atoms with E-state index in [1.54, 1.807) is 19.2 Å². The number of hydrogen-bond acceptors (Lipinski definition) is 3. The minimum Gasteiger partial charge on any atom is -0.497 e. The van der Waals surface area contributed by atoms with E-state index in [-0.39, 0.29) is 12.2 Å². The molecule has 0 unspecified atom stereocenters. The first-order valence-electron chi connectivity index (χ1n) is 5.05. The summed E-state index contributed by atoms with van der Waals surface area (Å²) < 4.78 is 5.13. The Morgan fingerprint density at radius 2 is 2.19 bits per heavy atom. The maximum absolute atomic E-state index is 11.4. The van der Waals surface area contributed by atoms with Crippen LogP contribution in [0.5, 0.6) is 5.75 Å². The van der Waals surface area contributed by atoms with E-state index in [4.69, 9.17) is 9.84 Å². The van der Waals surface area contributed by atoms with Gasteiger partial charge in [0.2, 0.25) is 5.56 Å². The highest BCUT2D eigenvalue weighted by atomic mass is 16.5. The van der Waals surface area contributed by atoms with Gasteiger partial charge in [-0.05, 0) is 30.2 Å². The van der Waals surface area contributed by atoms with Crippen molar-refractivity contribution in [3.05, 3.63) is 40.2 Å². The molecule has 0 amide bonds. The predicted octanol–water partition coefficient (Wildman–Crippen LogP) is 1.07. The van der Waals surface area contributed by atoms with Crippen LogP contribution in [0.3, 0.4) is 0 Å². The zero-order chi connectivity index (χ0) is 11.5. The van der Waals surface area contributed by atoms with Crippen molar-refractivity contribution < 1.29 is 9.84 Å². The van der Waals surface area contributed by atoms with Crippen LogP contribution < -0.4 is 10.3 Å². The highest BCUT2D eigenvalue weighted by Gasteiger charge is 2.04. The lowest BCUT2D eigenvalue weighted by atomic mass is 10.1. The number of methoxy groups -OCH3 is 1. The lowest BCUT2D eigenvalue weighted by molar-refractivity contribution is 0.300. The first-order chi connectivity index (χ1) is 7.74. The van der Waals surface area contributed by atoms with Crippen molar-refractivity contribution in [2.75, 3.05) is 13.7 Å². The van der Waals surface area contributed by atoms with Gasteiger partial charge in [-0.15, -0.1) is 0 Å². The summed E-state index contributed by atoms with van der Waals surface area (Å²) in [5.41, 5.74) is 1.44. The molecule has 1 aromatic carbocycles. The van der Waals surface area contributed by atoms with Crippen LogP contribution in [0.2, 0.25) is 0 Å². The van der Waals surface area contributed by atoms with Crippen molar-refractivity contribution in [1.29, 1.82) is 0 Å². The third-order valence-corrected chi connectivity index (χ3v) is 2.52. The van der Waals surface area contributed by atoms with Crippen molar-refractivity contribution >= 4 is 10.9 Å².